The van der Waals surface area contributed by atoms with Crippen LogP contribution in [-0.2, 0) is 5.41 Å². The van der Waals surface area contributed by atoms with Gasteiger partial charge in [-0.25, -0.2) is 8.78 Å². The Morgan fingerprint density at radius 2 is 1.90 bits per heavy atom. The summed E-state index contributed by atoms with van der Waals surface area (Å²) in [6, 6.07) is 7.93. The van der Waals surface area contributed by atoms with Gasteiger partial charge in [-0.2, -0.15) is 0 Å². The van der Waals surface area contributed by atoms with Crippen molar-refractivity contribution in [3.05, 3.63) is 59.2 Å². The van der Waals surface area contributed by atoms with Crippen molar-refractivity contribution >= 4 is 11.9 Å². The van der Waals surface area contributed by atoms with Crippen molar-refractivity contribution in [3.8, 4) is 11.5 Å². The number of nitrogens with zero attached hydrogens (tertiary/aromatic N) is 2. The highest BCUT2D eigenvalue weighted by molar-refractivity contribution is 5.99. The first kappa shape index (κ1) is 22.3. The molecule has 9 heteroatoms. The van der Waals surface area contributed by atoms with Crippen LogP contribution in [0.25, 0.3) is 0 Å². The molecule has 166 valence electrons. The summed E-state index contributed by atoms with van der Waals surface area (Å²) in [4.78, 5) is 18.7. The molecule has 0 atom stereocenters. The van der Waals surface area contributed by atoms with Gasteiger partial charge in [0.05, 0.1) is 7.11 Å². The van der Waals surface area contributed by atoms with Gasteiger partial charge in [0, 0.05) is 38.2 Å². The van der Waals surface area contributed by atoms with Crippen LogP contribution < -0.4 is 15.8 Å². The zero-order valence-electron chi connectivity index (χ0n) is 17.5. The van der Waals surface area contributed by atoms with Gasteiger partial charge >= 0.3 is 0 Å². The molecule has 2 aromatic carbocycles. The van der Waals surface area contributed by atoms with E-state index in [1.807, 2.05) is 4.90 Å². The second kappa shape index (κ2) is 9.20. The monoisotopic (exact) mass is 432 g/mol. The lowest BCUT2D eigenvalue weighted by Crippen LogP contribution is -2.52. The number of phenolic OH excluding ortho intramolecular Hbond substituents is 1. The van der Waals surface area contributed by atoms with Gasteiger partial charge in [0.15, 0.2) is 5.96 Å². The summed E-state index contributed by atoms with van der Waals surface area (Å²) in [7, 11) is 3.00. The van der Waals surface area contributed by atoms with Crippen molar-refractivity contribution in [2.24, 2.45) is 10.7 Å². The van der Waals surface area contributed by atoms with Crippen molar-refractivity contribution < 1.29 is 23.4 Å². The third-order valence-corrected chi connectivity index (χ3v) is 5.79. The van der Waals surface area contributed by atoms with Gasteiger partial charge in [-0.1, -0.05) is 6.07 Å². The number of halogens is 2. The molecule has 4 N–H and O–H groups in total. The summed E-state index contributed by atoms with van der Waals surface area (Å²) < 4.78 is 33.2. The number of amides is 1. The minimum atomic E-state index is -0.721. The van der Waals surface area contributed by atoms with Gasteiger partial charge in [0.1, 0.15) is 28.7 Å². The summed E-state index contributed by atoms with van der Waals surface area (Å²) >= 11 is 0. The summed E-state index contributed by atoms with van der Waals surface area (Å²) in [5, 5.41) is 12.9. The molecule has 0 aliphatic carbocycles. The highest BCUT2D eigenvalue weighted by Gasteiger charge is 2.38. The van der Waals surface area contributed by atoms with E-state index in [-0.39, 0.29) is 23.6 Å². The van der Waals surface area contributed by atoms with E-state index in [0.717, 1.165) is 6.07 Å². The van der Waals surface area contributed by atoms with Crippen molar-refractivity contribution in [2.45, 2.75) is 18.3 Å². The number of nitrogens with one attached hydrogen (secondary N) is 1. The first-order valence-electron chi connectivity index (χ1n) is 9.87. The molecule has 7 nitrogen and oxygen atoms in total. The Kier molecular flexibility index (Phi) is 6.62. The molecule has 31 heavy (non-hydrogen) atoms. The Labute approximate surface area is 179 Å². The Bertz CT molecular complexity index is 968. The van der Waals surface area contributed by atoms with Crippen LogP contribution in [0.5, 0.6) is 11.5 Å². The van der Waals surface area contributed by atoms with E-state index in [0.29, 0.717) is 37.5 Å². The third-order valence-electron chi connectivity index (χ3n) is 5.79. The molecule has 3 rings (SSSR count). The van der Waals surface area contributed by atoms with E-state index in [2.05, 4.69) is 10.3 Å². The number of aromatic hydroxyl groups is 1. The lowest BCUT2D eigenvalue weighted by molar-refractivity contribution is 0.0926. The number of guanidine groups is 1. The number of hydrogen-bond donors (Lipinski definition) is 3. The quantitative estimate of drug-likeness (QED) is 0.498. The first-order valence-corrected chi connectivity index (χ1v) is 9.87. The molecule has 1 aliphatic rings. The largest absolute Gasteiger partial charge is 0.507 e. The van der Waals surface area contributed by atoms with Crippen LogP contribution in [0.2, 0.25) is 0 Å². The Morgan fingerprint density at radius 3 is 2.48 bits per heavy atom. The molecule has 0 saturated carbocycles. The summed E-state index contributed by atoms with van der Waals surface area (Å²) in [6.45, 7) is 1.14. The fourth-order valence-electron chi connectivity index (χ4n) is 3.99. The maximum absolute atomic E-state index is 14.0. The number of nitrogens with two attached hydrogens (primary N) is 1. The topological polar surface area (TPSA) is 100 Å². The van der Waals surface area contributed by atoms with Gasteiger partial charge in [-0.3, -0.25) is 9.79 Å². The van der Waals surface area contributed by atoms with Crippen LogP contribution in [0.1, 0.15) is 28.8 Å². The Hall–Kier alpha value is -3.36. The predicted molar refractivity (Wildman–Crippen MR) is 113 cm³/mol. The molecule has 1 aliphatic heterocycles. The zero-order valence-corrected chi connectivity index (χ0v) is 17.5. The molecule has 0 spiro atoms. The Balaban J connectivity index is 1.89. The van der Waals surface area contributed by atoms with Crippen LogP contribution in [0.15, 0.2) is 41.4 Å². The molecule has 1 amide bonds. The number of carbonyl (C=O) groups excluding carboxylic acids is 1. The number of phenols is 1. The van der Waals surface area contributed by atoms with E-state index in [9.17, 15) is 18.7 Å². The van der Waals surface area contributed by atoms with Crippen molar-refractivity contribution in [1.82, 2.24) is 10.2 Å². The maximum Gasteiger partial charge on any atom is 0.258 e. The highest BCUT2D eigenvalue weighted by Crippen LogP contribution is 2.36. The smallest absolute Gasteiger partial charge is 0.258 e. The first-order chi connectivity index (χ1) is 14.8. The molecule has 1 saturated heterocycles. The number of piperidine rings is 1. The standard InChI is InChI=1S/C22H26F2N4O3/c1-26-21(25)28-8-6-22(7-9-28,14-10-15(23)12-16(24)11-14)13-27-20(30)19-17(29)4-3-5-18(19)31-2/h3-5,10-12,29H,6-9,13H2,1-2H3,(H2,25,26)(H,27,30). The molecule has 0 aromatic heterocycles. The second-order valence-corrected chi connectivity index (χ2v) is 7.54. The summed E-state index contributed by atoms with van der Waals surface area (Å²) in [5.41, 5.74) is 5.66. The van der Waals surface area contributed by atoms with Crippen LogP contribution in [-0.4, -0.2) is 55.7 Å². The van der Waals surface area contributed by atoms with E-state index in [1.165, 1.54) is 25.3 Å². The zero-order chi connectivity index (χ0) is 22.6. The molecule has 2 aromatic rings. The number of methoxy groups -OCH3 is 1. The number of rotatable bonds is 5. The lowest BCUT2D eigenvalue weighted by Gasteiger charge is -2.42. The molecule has 0 radical (unpaired) electrons. The number of aliphatic imine (C=N–C) groups is 1. The molecule has 1 fully saturated rings. The van der Waals surface area contributed by atoms with Crippen LogP contribution >= 0.6 is 0 Å². The fraction of sp³-hybridized carbons (Fsp3) is 0.364. The van der Waals surface area contributed by atoms with E-state index in [4.69, 9.17) is 10.5 Å². The average molecular weight is 432 g/mol. The number of hydrogen-bond acceptors (Lipinski definition) is 4. The predicted octanol–water partition coefficient (Wildman–Crippen LogP) is 2.39. The van der Waals surface area contributed by atoms with Gasteiger partial charge < -0.3 is 25.8 Å². The SMILES string of the molecule is CN=C(N)N1CCC(CNC(=O)c2c(O)cccc2OC)(c2cc(F)cc(F)c2)CC1. The maximum atomic E-state index is 14.0. The molecule has 0 bridgehead atoms. The molecular formula is C22H26F2N4O3. The fourth-order valence-corrected chi connectivity index (χ4v) is 3.99. The average Bonchev–Trinajstić information content (AvgIpc) is 2.76. The van der Waals surface area contributed by atoms with Crippen LogP contribution in [0.4, 0.5) is 8.78 Å². The van der Waals surface area contributed by atoms with Crippen LogP contribution in [0, 0.1) is 11.6 Å². The summed E-state index contributed by atoms with van der Waals surface area (Å²) in [6.07, 6.45) is 0.981. The van der Waals surface area contributed by atoms with Gasteiger partial charge in [-0.05, 0) is 42.7 Å². The molecule has 1 heterocycles. The molecular weight excluding hydrogens is 406 g/mol. The second-order valence-electron chi connectivity index (χ2n) is 7.54. The van der Waals surface area contributed by atoms with Crippen LogP contribution in [0.3, 0.4) is 0 Å². The third kappa shape index (κ3) is 4.70. The number of likely N-dealkylation sites (tertiary alicyclic amines) is 1. The van der Waals surface area contributed by atoms with Gasteiger partial charge in [-0.15, -0.1) is 0 Å². The Morgan fingerprint density at radius 1 is 1.26 bits per heavy atom. The van der Waals surface area contributed by atoms with E-state index in [1.54, 1.807) is 19.2 Å². The van der Waals surface area contributed by atoms with Crippen molar-refractivity contribution in [2.75, 3.05) is 33.8 Å². The van der Waals surface area contributed by atoms with Gasteiger partial charge in [0.25, 0.3) is 5.91 Å². The van der Waals surface area contributed by atoms with E-state index < -0.39 is 23.0 Å². The van der Waals surface area contributed by atoms with E-state index >= 15 is 0 Å². The number of benzene rings is 2. The normalized spacial score (nSPS) is 16.1. The minimum Gasteiger partial charge on any atom is -0.507 e. The number of ether oxygens (including phenoxy) is 1. The highest BCUT2D eigenvalue weighted by atomic mass is 19.1. The van der Waals surface area contributed by atoms with Crippen molar-refractivity contribution in [1.29, 1.82) is 0 Å². The summed E-state index contributed by atoms with van der Waals surface area (Å²) in [5.74, 6) is -1.50. The lowest BCUT2D eigenvalue weighted by atomic mass is 9.72. The van der Waals surface area contributed by atoms with Crippen molar-refractivity contribution in [3.63, 3.8) is 0 Å². The minimum absolute atomic E-state index is 0.00497. The number of carbonyl (C=O) groups is 1. The molecule has 0 unspecified atom stereocenters. The van der Waals surface area contributed by atoms with Gasteiger partial charge in [0.2, 0.25) is 0 Å².